The Kier molecular flexibility index (Phi) is 3.04. The monoisotopic (exact) mass is 234 g/mol. The summed E-state index contributed by atoms with van der Waals surface area (Å²) < 4.78 is 10.3. The Hall–Kier alpha value is -2.37. The zero-order valence-corrected chi connectivity index (χ0v) is 9.12. The first-order valence-corrected chi connectivity index (χ1v) is 4.91. The van der Waals surface area contributed by atoms with Crippen molar-refractivity contribution < 1.29 is 13.9 Å². The average Bonchev–Trinajstić information content (AvgIpc) is 2.72. The van der Waals surface area contributed by atoms with Crippen molar-refractivity contribution in [1.29, 1.82) is 0 Å². The van der Waals surface area contributed by atoms with Gasteiger partial charge in [-0.15, -0.1) is 5.10 Å². The Labute approximate surface area is 96.4 Å². The van der Waals surface area contributed by atoms with Crippen LogP contribution in [0.4, 0.5) is 0 Å². The van der Waals surface area contributed by atoms with Crippen LogP contribution < -0.4 is 5.76 Å². The molecule has 0 saturated heterocycles. The number of carbonyl (C=O) groups is 1. The van der Waals surface area contributed by atoms with E-state index in [9.17, 15) is 9.59 Å². The number of ether oxygens (including phenoxy) is 1. The van der Waals surface area contributed by atoms with E-state index < -0.39 is 11.7 Å². The SMILES string of the molecule is COC(=O)Cn1nc(-c2ccccc2)oc1=O. The summed E-state index contributed by atoms with van der Waals surface area (Å²) >= 11 is 0. The summed E-state index contributed by atoms with van der Waals surface area (Å²) in [6.07, 6.45) is 0. The second-order valence-electron chi connectivity index (χ2n) is 3.27. The van der Waals surface area contributed by atoms with Crippen LogP contribution in [0.5, 0.6) is 0 Å². The third kappa shape index (κ3) is 2.41. The van der Waals surface area contributed by atoms with Gasteiger partial charge in [-0.1, -0.05) is 18.2 Å². The van der Waals surface area contributed by atoms with E-state index in [-0.39, 0.29) is 12.4 Å². The fourth-order valence-electron chi connectivity index (χ4n) is 1.29. The minimum absolute atomic E-state index is 0.180. The molecule has 0 fully saturated rings. The standard InChI is InChI=1S/C11H10N2O4/c1-16-9(14)7-13-11(15)17-10(12-13)8-5-3-2-4-6-8/h2-6H,7H2,1H3. The van der Waals surface area contributed by atoms with Crippen LogP contribution in [0.3, 0.4) is 0 Å². The second-order valence-corrected chi connectivity index (χ2v) is 3.27. The lowest BCUT2D eigenvalue weighted by atomic mass is 10.2. The molecule has 0 N–H and O–H groups in total. The van der Waals surface area contributed by atoms with Gasteiger partial charge in [0, 0.05) is 5.56 Å². The van der Waals surface area contributed by atoms with E-state index in [1.165, 1.54) is 7.11 Å². The fraction of sp³-hybridized carbons (Fsp3) is 0.182. The molecular formula is C11H10N2O4. The number of methoxy groups -OCH3 is 1. The molecule has 0 bridgehead atoms. The lowest BCUT2D eigenvalue weighted by Gasteiger charge is -1.95. The highest BCUT2D eigenvalue weighted by Crippen LogP contribution is 2.13. The number of hydrogen-bond acceptors (Lipinski definition) is 5. The minimum Gasteiger partial charge on any atom is -0.468 e. The molecule has 0 radical (unpaired) electrons. The first-order chi connectivity index (χ1) is 8.20. The number of rotatable bonds is 3. The number of aromatic nitrogens is 2. The molecule has 1 aromatic carbocycles. The first kappa shape index (κ1) is 11.1. The molecule has 1 heterocycles. The van der Waals surface area contributed by atoms with E-state index in [1.807, 2.05) is 6.07 Å². The Balaban J connectivity index is 2.31. The van der Waals surface area contributed by atoms with Crippen LogP contribution >= 0.6 is 0 Å². The van der Waals surface area contributed by atoms with Crippen molar-refractivity contribution in [2.24, 2.45) is 0 Å². The molecular weight excluding hydrogens is 224 g/mol. The molecule has 2 rings (SSSR count). The number of nitrogens with zero attached hydrogens (tertiary/aromatic N) is 2. The van der Waals surface area contributed by atoms with Gasteiger partial charge in [0.15, 0.2) is 0 Å². The lowest BCUT2D eigenvalue weighted by Crippen LogP contribution is -2.22. The van der Waals surface area contributed by atoms with E-state index in [2.05, 4.69) is 9.84 Å². The maximum Gasteiger partial charge on any atom is 0.437 e. The predicted molar refractivity (Wildman–Crippen MR) is 58.2 cm³/mol. The summed E-state index contributed by atoms with van der Waals surface area (Å²) in [4.78, 5) is 22.4. The molecule has 0 aliphatic rings. The molecule has 6 heteroatoms. The Morgan fingerprint density at radius 3 is 2.76 bits per heavy atom. The van der Waals surface area contributed by atoms with Crippen LogP contribution in [0.25, 0.3) is 11.5 Å². The quantitative estimate of drug-likeness (QED) is 0.730. The first-order valence-electron chi connectivity index (χ1n) is 4.91. The van der Waals surface area contributed by atoms with Crippen molar-refractivity contribution in [3.8, 4) is 11.5 Å². The minimum atomic E-state index is -0.686. The molecule has 0 aliphatic heterocycles. The highest BCUT2D eigenvalue weighted by atomic mass is 16.5. The molecule has 17 heavy (non-hydrogen) atoms. The summed E-state index contributed by atoms with van der Waals surface area (Å²) in [5, 5.41) is 3.90. The van der Waals surface area contributed by atoms with Gasteiger partial charge in [-0.05, 0) is 12.1 Å². The van der Waals surface area contributed by atoms with Crippen LogP contribution in [0, 0.1) is 0 Å². The number of hydrogen-bond donors (Lipinski definition) is 0. The Morgan fingerprint density at radius 1 is 1.41 bits per heavy atom. The van der Waals surface area contributed by atoms with E-state index in [4.69, 9.17) is 4.42 Å². The largest absolute Gasteiger partial charge is 0.468 e. The van der Waals surface area contributed by atoms with Gasteiger partial charge in [-0.25, -0.2) is 4.79 Å². The van der Waals surface area contributed by atoms with E-state index in [1.54, 1.807) is 24.3 Å². The van der Waals surface area contributed by atoms with Crippen LogP contribution in [-0.2, 0) is 16.1 Å². The van der Waals surface area contributed by atoms with Gasteiger partial charge < -0.3 is 9.15 Å². The van der Waals surface area contributed by atoms with Crippen LogP contribution in [0.2, 0.25) is 0 Å². The van der Waals surface area contributed by atoms with Gasteiger partial charge in [-0.3, -0.25) is 4.79 Å². The lowest BCUT2D eigenvalue weighted by molar-refractivity contribution is -0.141. The zero-order valence-electron chi connectivity index (χ0n) is 9.12. The molecule has 0 aliphatic carbocycles. The average molecular weight is 234 g/mol. The fourth-order valence-corrected chi connectivity index (χ4v) is 1.29. The van der Waals surface area contributed by atoms with Gasteiger partial charge in [0.25, 0.3) is 0 Å². The molecule has 0 spiro atoms. The highest BCUT2D eigenvalue weighted by molar-refractivity contribution is 5.68. The van der Waals surface area contributed by atoms with Crippen molar-refractivity contribution in [1.82, 2.24) is 9.78 Å². The van der Waals surface area contributed by atoms with Crippen molar-refractivity contribution in [2.75, 3.05) is 7.11 Å². The molecule has 88 valence electrons. The molecule has 6 nitrogen and oxygen atoms in total. The van der Waals surface area contributed by atoms with E-state index in [0.29, 0.717) is 5.56 Å². The Morgan fingerprint density at radius 2 is 2.12 bits per heavy atom. The Bertz CT molecular complexity index is 571. The molecule has 2 aromatic rings. The van der Waals surface area contributed by atoms with Crippen LogP contribution in [-0.4, -0.2) is 22.9 Å². The van der Waals surface area contributed by atoms with Crippen molar-refractivity contribution in [2.45, 2.75) is 6.54 Å². The van der Waals surface area contributed by atoms with Gasteiger partial charge in [0.05, 0.1) is 7.11 Å². The van der Waals surface area contributed by atoms with Crippen LogP contribution in [0.1, 0.15) is 0 Å². The molecule has 1 aromatic heterocycles. The van der Waals surface area contributed by atoms with E-state index in [0.717, 1.165) is 4.68 Å². The van der Waals surface area contributed by atoms with Gasteiger partial charge in [0.2, 0.25) is 5.89 Å². The summed E-state index contributed by atoms with van der Waals surface area (Å²) in [5.74, 6) is -1.06. The molecule has 0 atom stereocenters. The molecule has 0 unspecified atom stereocenters. The summed E-state index contributed by atoms with van der Waals surface area (Å²) in [6.45, 7) is -0.258. The van der Waals surface area contributed by atoms with Gasteiger partial charge in [0.1, 0.15) is 6.54 Å². The highest BCUT2D eigenvalue weighted by Gasteiger charge is 2.12. The van der Waals surface area contributed by atoms with Gasteiger partial charge in [-0.2, -0.15) is 4.68 Å². The topological polar surface area (TPSA) is 74.3 Å². The van der Waals surface area contributed by atoms with Crippen molar-refractivity contribution in [3.63, 3.8) is 0 Å². The maximum atomic E-state index is 11.4. The summed E-state index contributed by atoms with van der Waals surface area (Å²) in [6, 6.07) is 8.96. The van der Waals surface area contributed by atoms with Gasteiger partial charge >= 0.3 is 11.7 Å². The third-order valence-corrected chi connectivity index (χ3v) is 2.13. The van der Waals surface area contributed by atoms with Crippen molar-refractivity contribution >= 4 is 5.97 Å². The third-order valence-electron chi connectivity index (χ3n) is 2.13. The summed E-state index contributed by atoms with van der Waals surface area (Å²) in [7, 11) is 1.24. The van der Waals surface area contributed by atoms with Crippen molar-refractivity contribution in [3.05, 3.63) is 40.9 Å². The number of benzene rings is 1. The molecule has 0 amide bonds. The number of esters is 1. The smallest absolute Gasteiger partial charge is 0.437 e. The number of carbonyl (C=O) groups excluding carboxylic acids is 1. The summed E-state index contributed by atoms with van der Waals surface area (Å²) in [5.41, 5.74) is 0.674. The zero-order chi connectivity index (χ0) is 12.3. The van der Waals surface area contributed by atoms with Crippen LogP contribution in [0.15, 0.2) is 39.5 Å². The second kappa shape index (κ2) is 4.65. The normalized spacial score (nSPS) is 10.2. The predicted octanol–water partition coefficient (Wildman–Crippen LogP) is 0.676. The molecule has 0 saturated carbocycles. The van der Waals surface area contributed by atoms with E-state index >= 15 is 0 Å². The maximum absolute atomic E-state index is 11.4.